The maximum atomic E-state index is 12.5. The van der Waals surface area contributed by atoms with Gasteiger partial charge in [0, 0.05) is 30.7 Å². The van der Waals surface area contributed by atoms with Crippen molar-refractivity contribution in [1.82, 2.24) is 9.38 Å². The fourth-order valence-corrected chi connectivity index (χ4v) is 3.19. The van der Waals surface area contributed by atoms with E-state index in [1.165, 1.54) is 0 Å². The highest BCUT2D eigenvalue weighted by molar-refractivity contribution is 5.94. The molecule has 118 valence electrons. The molecule has 1 aromatic carbocycles. The predicted molar refractivity (Wildman–Crippen MR) is 91.2 cm³/mol. The molecule has 1 fully saturated rings. The zero-order valence-electron chi connectivity index (χ0n) is 13.3. The van der Waals surface area contributed by atoms with Crippen LogP contribution in [0.4, 0.5) is 5.82 Å². The van der Waals surface area contributed by atoms with Gasteiger partial charge in [-0.1, -0.05) is 24.3 Å². The van der Waals surface area contributed by atoms with Gasteiger partial charge in [0.1, 0.15) is 11.5 Å². The summed E-state index contributed by atoms with van der Waals surface area (Å²) in [5.41, 5.74) is 0.416. The maximum Gasteiger partial charge on any atom is 0.259 e. The van der Waals surface area contributed by atoms with E-state index in [0.29, 0.717) is 12.3 Å². The molecule has 1 aliphatic heterocycles. The van der Waals surface area contributed by atoms with Crippen LogP contribution in [0.25, 0.3) is 16.4 Å². The van der Waals surface area contributed by atoms with E-state index >= 15 is 0 Å². The number of benzene rings is 1. The molecule has 0 spiro atoms. The van der Waals surface area contributed by atoms with Crippen LogP contribution in [0.2, 0.25) is 0 Å². The number of fused-ring (bicyclic) bond motifs is 3. The minimum Gasteiger partial charge on any atom is -0.372 e. The van der Waals surface area contributed by atoms with Crippen LogP contribution in [-0.4, -0.2) is 34.7 Å². The highest BCUT2D eigenvalue weighted by Gasteiger charge is 2.28. The molecule has 0 bridgehead atoms. The van der Waals surface area contributed by atoms with E-state index in [-0.39, 0.29) is 11.2 Å². The minimum absolute atomic E-state index is 0.0555. The van der Waals surface area contributed by atoms with Crippen LogP contribution in [-0.2, 0) is 4.74 Å². The monoisotopic (exact) mass is 309 g/mol. The third kappa shape index (κ3) is 2.47. The molecule has 0 aliphatic carbocycles. The Morgan fingerprint density at radius 1 is 1.22 bits per heavy atom. The van der Waals surface area contributed by atoms with Crippen LogP contribution < -0.4 is 10.5 Å². The Balaban J connectivity index is 1.92. The molecule has 0 N–H and O–H groups in total. The molecule has 0 amide bonds. The van der Waals surface area contributed by atoms with Gasteiger partial charge in [-0.2, -0.15) is 0 Å². The van der Waals surface area contributed by atoms with Gasteiger partial charge in [0.05, 0.1) is 12.2 Å². The van der Waals surface area contributed by atoms with Gasteiger partial charge in [-0.25, -0.2) is 4.98 Å². The van der Waals surface area contributed by atoms with Crippen LogP contribution in [0.3, 0.4) is 0 Å². The van der Waals surface area contributed by atoms with Crippen LogP contribution in [0, 0.1) is 0 Å². The molecule has 3 heterocycles. The zero-order valence-corrected chi connectivity index (χ0v) is 13.3. The van der Waals surface area contributed by atoms with Crippen LogP contribution >= 0.6 is 0 Å². The van der Waals surface area contributed by atoms with E-state index in [4.69, 9.17) is 9.72 Å². The Morgan fingerprint density at radius 2 is 2.04 bits per heavy atom. The smallest absolute Gasteiger partial charge is 0.259 e. The van der Waals surface area contributed by atoms with Gasteiger partial charge in [-0.3, -0.25) is 9.20 Å². The van der Waals surface area contributed by atoms with Gasteiger partial charge >= 0.3 is 0 Å². The summed E-state index contributed by atoms with van der Waals surface area (Å²) >= 11 is 0. The summed E-state index contributed by atoms with van der Waals surface area (Å²) in [6, 6.07) is 11.6. The Hall–Kier alpha value is -2.40. The molecule has 23 heavy (non-hydrogen) atoms. The SMILES string of the molecule is CC1(C)CN(c2cc(=O)n3ccc4ccccc4c3n2)CCO1. The van der Waals surface area contributed by atoms with Crippen LogP contribution in [0.1, 0.15) is 13.8 Å². The van der Waals surface area contributed by atoms with Gasteiger partial charge in [-0.15, -0.1) is 0 Å². The van der Waals surface area contributed by atoms with Crippen molar-refractivity contribution in [2.24, 2.45) is 0 Å². The number of anilines is 1. The van der Waals surface area contributed by atoms with Gasteiger partial charge < -0.3 is 9.64 Å². The lowest BCUT2D eigenvalue weighted by Gasteiger charge is -2.38. The third-order valence-corrected chi connectivity index (χ3v) is 4.29. The molecule has 0 atom stereocenters. The standard InChI is InChI=1S/C18H19N3O2/c1-18(2)12-20(9-10-23-18)15-11-16(22)21-8-7-13-5-3-4-6-14(13)17(21)19-15/h3-8,11H,9-10,12H2,1-2H3. The molecule has 4 rings (SSSR count). The number of rotatable bonds is 1. The highest BCUT2D eigenvalue weighted by atomic mass is 16.5. The quantitative estimate of drug-likeness (QED) is 0.648. The van der Waals surface area contributed by atoms with Gasteiger partial charge in [0.25, 0.3) is 5.56 Å². The van der Waals surface area contributed by atoms with Crippen molar-refractivity contribution in [3.63, 3.8) is 0 Å². The second-order valence-corrected chi connectivity index (χ2v) is 6.58. The molecule has 5 nitrogen and oxygen atoms in total. The van der Waals surface area contributed by atoms with Crippen LogP contribution in [0.5, 0.6) is 0 Å². The average molecular weight is 309 g/mol. The summed E-state index contributed by atoms with van der Waals surface area (Å²) in [4.78, 5) is 19.4. The topological polar surface area (TPSA) is 46.8 Å². The van der Waals surface area contributed by atoms with Crippen molar-refractivity contribution >= 4 is 22.2 Å². The Morgan fingerprint density at radius 3 is 2.87 bits per heavy atom. The van der Waals surface area contributed by atoms with E-state index in [0.717, 1.165) is 29.7 Å². The van der Waals surface area contributed by atoms with Crippen molar-refractivity contribution in [3.8, 4) is 0 Å². The second-order valence-electron chi connectivity index (χ2n) is 6.58. The number of hydrogen-bond acceptors (Lipinski definition) is 4. The summed E-state index contributed by atoms with van der Waals surface area (Å²) in [5, 5.41) is 2.07. The molecule has 0 unspecified atom stereocenters. The molecule has 3 aromatic rings. The molecular formula is C18H19N3O2. The Labute approximate surface area is 134 Å². The summed E-state index contributed by atoms with van der Waals surface area (Å²) < 4.78 is 7.36. The first-order valence-corrected chi connectivity index (χ1v) is 7.84. The molecule has 0 radical (unpaired) electrons. The van der Waals surface area contributed by atoms with Crippen molar-refractivity contribution < 1.29 is 4.74 Å². The van der Waals surface area contributed by atoms with Crippen molar-refractivity contribution in [3.05, 3.63) is 52.9 Å². The lowest BCUT2D eigenvalue weighted by molar-refractivity contribution is -0.0279. The lowest BCUT2D eigenvalue weighted by atomic mass is 10.1. The Kier molecular flexibility index (Phi) is 3.13. The van der Waals surface area contributed by atoms with Crippen molar-refractivity contribution in [1.29, 1.82) is 0 Å². The summed E-state index contributed by atoms with van der Waals surface area (Å²) in [5.74, 6) is 0.725. The zero-order chi connectivity index (χ0) is 16.0. The first-order chi connectivity index (χ1) is 11.0. The molecule has 2 aromatic heterocycles. The number of ether oxygens (including phenoxy) is 1. The first kappa shape index (κ1) is 14.2. The number of nitrogens with zero attached hydrogens (tertiary/aromatic N) is 3. The second kappa shape index (κ2) is 5.06. The van der Waals surface area contributed by atoms with E-state index in [1.54, 1.807) is 16.7 Å². The number of aromatic nitrogens is 2. The average Bonchev–Trinajstić information content (AvgIpc) is 2.53. The number of pyridine rings is 1. The van der Waals surface area contributed by atoms with E-state index in [9.17, 15) is 4.79 Å². The maximum absolute atomic E-state index is 12.5. The summed E-state index contributed by atoms with van der Waals surface area (Å²) in [6.45, 7) is 6.23. The first-order valence-electron chi connectivity index (χ1n) is 7.84. The fourth-order valence-electron chi connectivity index (χ4n) is 3.19. The molecular weight excluding hydrogens is 290 g/mol. The third-order valence-electron chi connectivity index (χ3n) is 4.29. The molecule has 1 aliphatic rings. The van der Waals surface area contributed by atoms with E-state index < -0.39 is 0 Å². The highest BCUT2D eigenvalue weighted by Crippen LogP contribution is 2.23. The van der Waals surface area contributed by atoms with Crippen molar-refractivity contribution in [2.45, 2.75) is 19.4 Å². The number of hydrogen-bond donors (Lipinski definition) is 0. The lowest BCUT2D eigenvalue weighted by Crippen LogP contribution is -2.49. The molecule has 1 saturated heterocycles. The predicted octanol–water partition coefficient (Wildman–Crippen LogP) is 2.46. The van der Waals surface area contributed by atoms with Gasteiger partial charge in [0.15, 0.2) is 0 Å². The van der Waals surface area contributed by atoms with Crippen molar-refractivity contribution in [2.75, 3.05) is 24.6 Å². The van der Waals surface area contributed by atoms with Gasteiger partial charge in [-0.05, 0) is 25.3 Å². The largest absolute Gasteiger partial charge is 0.372 e. The minimum atomic E-state index is -0.232. The summed E-state index contributed by atoms with van der Waals surface area (Å²) in [7, 11) is 0. The number of morpholine rings is 1. The van der Waals surface area contributed by atoms with Crippen LogP contribution in [0.15, 0.2) is 47.4 Å². The molecule has 5 heteroatoms. The molecule has 0 saturated carbocycles. The van der Waals surface area contributed by atoms with E-state index in [1.807, 2.05) is 30.3 Å². The normalized spacial score (nSPS) is 17.7. The van der Waals surface area contributed by atoms with E-state index in [2.05, 4.69) is 18.7 Å². The summed E-state index contributed by atoms with van der Waals surface area (Å²) in [6.07, 6.45) is 1.79. The fraction of sp³-hybridized carbons (Fsp3) is 0.333. The van der Waals surface area contributed by atoms with Gasteiger partial charge in [0.2, 0.25) is 0 Å². The Bertz CT molecular complexity index is 946.